The summed E-state index contributed by atoms with van der Waals surface area (Å²) in [5.41, 5.74) is 0. The van der Waals surface area contributed by atoms with Gasteiger partial charge in [-0.3, -0.25) is 4.79 Å². The van der Waals surface area contributed by atoms with Gasteiger partial charge in [0.2, 0.25) is 5.82 Å². The first-order valence-electron chi connectivity index (χ1n) is 5.99. The summed E-state index contributed by atoms with van der Waals surface area (Å²) >= 11 is 0. The van der Waals surface area contributed by atoms with Gasteiger partial charge in [0.25, 0.3) is 5.91 Å². The van der Waals surface area contributed by atoms with Crippen molar-refractivity contribution in [3.05, 3.63) is 35.8 Å². The monoisotopic (exact) mass is 281 g/mol. The Morgan fingerprint density at radius 2 is 2.05 bits per heavy atom. The van der Waals surface area contributed by atoms with E-state index in [0.717, 1.165) is 12.8 Å². The van der Waals surface area contributed by atoms with Crippen LogP contribution < -0.4 is 5.32 Å². The summed E-state index contributed by atoms with van der Waals surface area (Å²) in [5, 5.41) is 3.56. The zero-order chi connectivity index (χ0) is 13.9. The maximum atomic E-state index is 11.7. The summed E-state index contributed by atoms with van der Waals surface area (Å²) in [5.74, 6) is -0.366. The van der Waals surface area contributed by atoms with Crippen LogP contribution in [0.1, 0.15) is 30.4 Å². The average molecular weight is 281 g/mol. The Morgan fingerprint density at radius 1 is 1.42 bits per heavy atom. The second kappa shape index (κ2) is 5.48. The van der Waals surface area contributed by atoms with Crippen molar-refractivity contribution in [3.63, 3.8) is 0 Å². The van der Waals surface area contributed by atoms with Crippen LogP contribution in [-0.4, -0.2) is 35.6 Å². The summed E-state index contributed by atoms with van der Waals surface area (Å²) in [7, 11) is -3.15. The number of hydrogen-bond acceptors (Lipinski definition) is 5. The molecule has 0 radical (unpaired) electrons. The number of nitrogens with one attached hydrogen (secondary N) is 1. The summed E-state index contributed by atoms with van der Waals surface area (Å²) in [6.45, 7) is 1.69. The van der Waals surface area contributed by atoms with Crippen LogP contribution in [0.4, 0.5) is 0 Å². The zero-order valence-electron chi connectivity index (χ0n) is 10.5. The Bertz CT molecular complexity index is 579. The normalized spacial score (nSPS) is 17.3. The van der Waals surface area contributed by atoms with Crippen molar-refractivity contribution in [2.45, 2.75) is 31.1 Å². The number of amides is 1. The third-order valence-electron chi connectivity index (χ3n) is 2.67. The van der Waals surface area contributed by atoms with E-state index in [2.05, 4.69) is 15.3 Å². The smallest absolute Gasteiger partial charge is 0.289 e. The molecular weight excluding hydrogens is 266 g/mol. The molecule has 1 aliphatic rings. The van der Waals surface area contributed by atoms with Gasteiger partial charge in [-0.05, 0) is 25.8 Å². The molecule has 1 heterocycles. The van der Waals surface area contributed by atoms with Crippen LogP contribution in [0.3, 0.4) is 0 Å². The molecule has 1 fully saturated rings. The van der Waals surface area contributed by atoms with Gasteiger partial charge in [-0.25, -0.2) is 18.4 Å². The molecule has 19 heavy (non-hydrogen) atoms. The van der Waals surface area contributed by atoms with Crippen molar-refractivity contribution in [1.29, 1.82) is 0 Å². The van der Waals surface area contributed by atoms with E-state index in [9.17, 15) is 13.2 Å². The van der Waals surface area contributed by atoms with E-state index in [4.69, 9.17) is 0 Å². The molecule has 0 aliphatic heterocycles. The van der Waals surface area contributed by atoms with Crippen LogP contribution in [-0.2, 0) is 9.84 Å². The van der Waals surface area contributed by atoms with E-state index >= 15 is 0 Å². The van der Waals surface area contributed by atoms with Gasteiger partial charge in [-0.2, -0.15) is 0 Å². The molecule has 1 N–H and O–H groups in total. The standard InChI is InChI=1S/C12H15N3O3S/c1-9(5-8-19(17,18)10-3-4-10)15-12(16)11-13-6-2-7-14-11/h2,5-10H,3-4H2,1H3,(H,15,16)/b8-5+/t9-/m1/s1. The topological polar surface area (TPSA) is 89.0 Å². The number of carbonyl (C=O) groups is 1. The van der Waals surface area contributed by atoms with Gasteiger partial charge in [-0.15, -0.1) is 0 Å². The van der Waals surface area contributed by atoms with Crippen LogP contribution in [0, 0.1) is 0 Å². The molecule has 0 spiro atoms. The molecule has 7 heteroatoms. The largest absolute Gasteiger partial charge is 0.343 e. The molecule has 1 amide bonds. The highest BCUT2D eigenvalue weighted by molar-refractivity contribution is 7.95. The van der Waals surface area contributed by atoms with Crippen molar-refractivity contribution in [1.82, 2.24) is 15.3 Å². The first-order chi connectivity index (χ1) is 8.99. The summed E-state index contributed by atoms with van der Waals surface area (Å²) in [6, 6.07) is 1.22. The van der Waals surface area contributed by atoms with Crippen LogP contribution >= 0.6 is 0 Å². The molecule has 1 aromatic heterocycles. The fraction of sp³-hybridized carbons (Fsp3) is 0.417. The highest BCUT2D eigenvalue weighted by atomic mass is 32.2. The maximum Gasteiger partial charge on any atom is 0.289 e. The molecule has 0 unspecified atom stereocenters. The zero-order valence-corrected chi connectivity index (χ0v) is 11.3. The molecule has 1 saturated carbocycles. The Kier molecular flexibility index (Phi) is 3.94. The van der Waals surface area contributed by atoms with Crippen molar-refractivity contribution in [2.24, 2.45) is 0 Å². The van der Waals surface area contributed by atoms with E-state index in [1.54, 1.807) is 13.0 Å². The van der Waals surface area contributed by atoms with Gasteiger partial charge in [0.05, 0.1) is 5.25 Å². The average Bonchev–Trinajstić information content (AvgIpc) is 3.22. The molecule has 1 atom stereocenters. The molecule has 1 aliphatic carbocycles. The van der Waals surface area contributed by atoms with Gasteiger partial charge in [0.15, 0.2) is 9.84 Å². The lowest BCUT2D eigenvalue weighted by molar-refractivity contribution is 0.0936. The second-order valence-corrected chi connectivity index (χ2v) is 6.57. The molecule has 2 rings (SSSR count). The molecular formula is C12H15N3O3S. The van der Waals surface area contributed by atoms with Crippen molar-refractivity contribution in [2.75, 3.05) is 0 Å². The van der Waals surface area contributed by atoms with Crippen molar-refractivity contribution >= 4 is 15.7 Å². The van der Waals surface area contributed by atoms with E-state index in [-0.39, 0.29) is 11.1 Å². The number of rotatable bonds is 5. The number of carbonyl (C=O) groups excluding carboxylic acids is 1. The minimum Gasteiger partial charge on any atom is -0.343 e. The van der Waals surface area contributed by atoms with E-state index < -0.39 is 21.8 Å². The minimum atomic E-state index is -3.15. The quantitative estimate of drug-likeness (QED) is 0.857. The van der Waals surface area contributed by atoms with Crippen LogP contribution in [0.2, 0.25) is 0 Å². The Morgan fingerprint density at radius 3 is 2.63 bits per heavy atom. The SMILES string of the molecule is C[C@H](/C=C/S(=O)(=O)C1CC1)NC(=O)c1ncccn1. The highest BCUT2D eigenvalue weighted by Crippen LogP contribution is 2.29. The van der Waals surface area contributed by atoms with Crippen molar-refractivity contribution in [3.8, 4) is 0 Å². The van der Waals surface area contributed by atoms with Crippen LogP contribution in [0.25, 0.3) is 0 Å². The Labute approximate surface area is 111 Å². The van der Waals surface area contributed by atoms with Gasteiger partial charge >= 0.3 is 0 Å². The van der Waals surface area contributed by atoms with Gasteiger partial charge in [0.1, 0.15) is 0 Å². The number of nitrogens with zero attached hydrogens (tertiary/aromatic N) is 2. The van der Waals surface area contributed by atoms with Crippen molar-refractivity contribution < 1.29 is 13.2 Å². The second-order valence-electron chi connectivity index (χ2n) is 4.45. The molecule has 6 nitrogen and oxygen atoms in total. The minimum absolute atomic E-state index is 0.0628. The molecule has 0 aromatic carbocycles. The lowest BCUT2D eigenvalue weighted by atomic mass is 10.3. The maximum absolute atomic E-state index is 11.7. The molecule has 102 valence electrons. The summed E-state index contributed by atoms with van der Waals surface area (Å²) in [6.07, 6.45) is 5.87. The summed E-state index contributed by atoms with van der Waals surface area (Å²) < 4.78 is 23.3. The molecule has 1 aromatic rings. The number of aromatic nitrogens is 2. The van der Waals surface area contributed by atoms with Gasteiger partial charge in [0, 0.05) is 23.8 Å². The van der Waals surface area contributed by atoms with E-state index in [0.29, 0.717) is 0 Å². The third-order valence-corrected chi connectivity index (χ3v) is 4.61. The predicted molar refractivity (Wildman–Crippen MR) is 70.0 cm³/mol. The predicted octanol–water partition coefficient (Wildman–Crippen LogP) is 0.686. The van der Waals surface area contributed by atoms with Gasteiger partial charge in [-0.1, -0.05) is 6.08 Å². The molecule has 0 bridgehead atoms. The van der Waals surface area contributed by atoms with E-state index in [1.807, 2.05) is 0 Å². The Hall–Kier alpha value is -1.76. The van der Waals surface area contributed by atoms with E-state index in [1.165, 1.54) is 23.9 Å². The lowest BCUT2D eigenvalue weighted by Gasteiger charge is -2.08. The first kappa shape index (κ1) is 13.7. The lowest BCUT2D eigenvalue weighted by Crippen LogP contribution is -2.32. The number of hydrogen-bond donors (Lipinski definition) is 1. The fourth-order valence-electron chi connectivity index (χ4n) is 1.47. The highest BCUT2D eigenvalue weighted by Gasteiger charge is 2.33. The number of sulfone groups is 1. The third kappa shape index (κ3) is 3.85. The first-order valence-corrected chi connectivity index (χ1v) is 7.60. The van der Waals surface area contributed by atoms with Crippen LogP contribution in [0.15, 0.2) is 29.9 Å². The van der Waals surface area contributed by atoms with Gasteiger partial charge < -0.3 is 5.32 Å². The Balaban J connectivity index is 1.93. The molecule has 0 saturated heterocycles. The summed E-state index contributed by atoms with van der Waals surface area (Å²) in [4.78, 5) is 19.3. The van der Waals surface area contributed by atoms with Crippen LogP contribution in [0.5, 0.6) is 0 Å². The fourth-order valence-corrected chi connectivity index (χ4v) is 2.94.